The van der Waals surface area contributed by atoms with Gasteiger partial charge in [0.15, 0.2) is 0 Å². The summed E-state index contributed by atoms with van der Waals surface area (Å²) >= 11 is 13.5. The van der Waals surface area contributed by atoms with Crippen LogP contribution >= 0.6 is 35.0 Å². The maximum Gasteiger partial charge on any atom is 0.146 e. The Balaban J connectivity index is 2.78. The molecule has 1 aromatic heterocycles. The maximum atomic E-state index is 8.70. The van der Waals surface area contributed by atoms with Crippen LogP contribution in [0.3, 0.4) is 0 Å². The van der Waals surface area contributed by atoms with Crippen LogP contribution in [0.5, 0.6) is 0 Å². The van der Waals surface area contributed by atoms with Crippen molar-refractivity contribution >= 4 is 40.8 Å². The Hall–Kier alpha value is -0.160. The van der Waals surface area contributed by atoms with Crippen LogP contribution in [0.25, 0.3) is 0 Å². The first kappa shape index (κ1) is 13.9. The molecular weight excluding hydrogens is 267 g/mol. The summed E-state index contributed by atoms with van der Waals surface area (Å²) in [5, 5.41) is 13.6. The molecule has 3 nitrogen and oxygen atoms in total. The van der Waals surface area contributed by atoms with Crippen LogP contribution < -0.4 is 5.32 Å². The first-order valence-corrected chi connectivity index (χ1v) is 6.76. The van der Waals surface area contributed by atoms with Crippen molar-refractivity contribution < 1.29 is 5.11 Å². The lowest BCUT2D eigenvalue weighted by Crippen LogP contribution is -2.01. The fourth-order valence-electron chi connectivity index (χ4n) is 1.08. The number of rotatable bonds is 6. The zero-order chi connectivity index (χ0) is 12.0. The molecule has 0 aliphatic carbocycles. The van der Waals surface area contributed by atoms with Gasteiger partial charge in [0.25, 0.3) is 0 Å². The van der Waals surface area contributed by atoms with E-state index in [1.807, 2.05) is 6.92 Å². The summed E-state index contributed by atoms with van der Waals surface area (Å²) in [7, 11) is 0. The lowest BCUT2D eigenvalue weighted by Gasteiger charge is -2.09. The Kier molecular flexibility index (Phi) is 6.28. The average Bonchev–Trinajstić information content (AvgIpc) is 2.25. The molecule has 0 aromatic carbocycles. The average molecular weight is 281 g/mol. The molecule has 16 heavy (non-hydrogen) atoms. The highest BCUT2D eigenvalue weighted by molar-refractivity contribution is 7.99. The third-order valence-corrected chi connectivity index (χ3v) is 3.55. The van der Waals surface area contributed by atoms with Gasteiger partial charge in [-0.25, -0.2) is 4.98 Å². The number of hydrogen-bond acceptors (Lipinski definition) is 4. The van der Waals surface area contributed by atoms with E-state index in [-0.39, 0.29) is 6.61 Å². The monoisotopic (exact) mass is 280 g/mol. The number of aliphatic hydroxyl groups excluding tert-OH is 1. The molecule has 0 spiro atoms. The van der Waals surface area contributed by atoms with Gasteiger partial charge in [-0.3, -0.25) is 0 Å². The van der Waals surface area contributed by atoms with E-state index in [1.54, 1.807) is 6.07 Å². The van der Waals surface area contributed by atoms with E-state index in [4.69, 9.17) is 28.3 Å². The predicted octanol–water partition coefficient (Wildman–Crippen LogP) is 3.29. The van der Waals surface area contributed by atoms with E-state index < -0.39 is 0 Å². The summed E-state index contributed by atoms with van der Waals surface area (Å²) in [4.78, 5) is 4.34. The van der Waals surface area contributed by atoms with Crippen LogP contribution in [0.2, 0.25) is 10.0 Å². The van der Waals surface area contributed by atoms with Gasteiger partial charge in [-0.2, -0.15) is 0 Å². The van der Waals surface area contributed by atoms with E-state index in [1.165, 1.54) is 11.8 Å². The molecule has 0 radical (unpaired) electrons. The number of pyridine rings is 1. The van der Waals surface area contributed by atoms with Crippen LogP contribution in [-0.2, 0) is 0 Å². The van der Waals surface area contributed by atoms with Gasteiger partial charge < -0.3 is 10.4 Å². The number of thioether (sulfide) groups is 1. The summed E-state index contributed by atoms with van der Waals surface area (Å²) in [6.07, 6.45) is 0.724. The highest BCUT2D eigenvalue weighted by atomic mass is 35.5. The third kappa shape index (κ3) is 4.01. The normalized spacial score (nSPS) is 10.5. The highest BCUT2D eigenvalue weighted by Crippen LogP contribution is 2.31. The summed E-state index contributed by atoms with van der Waals surface area (Å²) in [6, 6.07) is 1.69. The molecule has 0 bridgehead atoms. The van der Waals surface area contributed by atoms with Gasteiger partial charge in [0, 0.05) is 18.9 Å². The molecular formula is C10H14Cl2N2OS. The third-order valence-electron chi connectivity index (χ3n) is 1.78. The first-order valence-electron chi connectivity index (χ1n) is 5.02. The minimum Gasteiger partial charge on any atom is -0.396 e. The summed E-state index contributed by atoms with van der Waals surface area (Å²) in [6.45, 7) is 2.92. The quantitative estimate of drug-likeness (QED) is 0.620. The standard InChI is InChI=1S/C10H14Cl2N2OS/c1-2-13-9-7(11)6-8(12)10(14-9)16-5-3-4-15/h6,15H,2-5H2,1H3,(H,13,14). The van der Waals surface area contributed by atoms with Crippen LogP contribution in [-0.4, -0.2) is 29.0 Å². The molecule has 6 heteroatoms. The fourth-order valence-corrected chi connectivity index (χ4v) is 2.48. The van der Waals surface area contributed by atoms with Crippen molar-refractivity contribution in [3.63, 3.8) is 0 Å². The largest absolute Gasteiger partial charge is 0.396 e. The summed E-state index contributed by atoms with van der Waals surface area (Å²) in [5.74, 6) is 1.44. The number of halogens is 2. The maximum absolute atomic E-state index is 8.70. The summed E-state index contributed by atoms with van der Waals surface area (Å²) in [5.41, 5.74) is 0. The topological polar surface area (TPSA) is 45.2 Å². The van der Waals surface area contributed by atoms with Crippen LogP contribution in [0.4, 0.5) is 5.82 Å². The van der Waals surface area contributed by atoms with Crippen molar-refractivity contribution in [1.82, 2.24) is 4.98 Å². The Morgan fingerprint density at radius 1 is 1.44 bits per heavy atom. The molecule has 1 aromatic rings. The Morgan fingerprint density at radius 3 is 2.81 bits per heavy atom. The van der Waals surface area contributed by atoms with Gasteiger partial charge in [-0.05, 0) is 19.4 Å². The van der Waals surface area contributed by atoms with E-state index in [0.29, 0.717) is 15.9 Å². The molecule has 0 fully saturated rings. The molecule has 0 unspecified atom stereocenters. The van der Waals surface area contributed by atoms with Crippen LogP contribution in [0.1, 0.15) is 13.3 Å². The van der Waals surface area contributed by atoms with E-state index in [2.05, 4.69) is 10.3 Å². The number of hydrogen-bond donors (Lipinski definition) is 2. The molecule has 0 atom stereocenters. The molecule has 1 rings (SSSR count). The minimum absolute atomic E-state index is 0.179. The number of aliphatic hydroxyl groups is 1. The SMILES string of the molecule is CCNc1nc(SCCCO)c(Cl)cc1Cl. The molecule has 1 heterocycles. The predicted molar refractivity (Wildman–Crippen MR) is 70.8 cm³/mol. The molecule has 0 saturated carbocycles. The zero-order valence-electron chi connectivity index (χ0n) is 8.96. The summed E-state index contributed by atoms with van der Waals surface area (Å²) < 4.78 is 0. The van der Waals surface area contributed by atoms with Gasteiger partial charge in [0.05, 0.1) is 10.0 Å². The first-order chi connectivity index (χ1) is 7.69. The van der Waals surface area contributed by atoms with Crippen molar-refractivity contribution in [1.29, 1.82) is 0 Å². The van der Waals surface area contributed by atoms with Gasteiger partial charge in [-0.15, -0.1) is 11.8 Å². The Bertz CT molecular complexity index is 350. The lowest BCUT2D eigenvalue weighted by atomic mass is 10.4. The van der Waals surface area contributed by atoms with Crippen molar-refractivity contribution in [2.45, 2.75) is 18.4 Å². The van der Waals surface area contributed by atoms with Crippen molar-refractivity contribution in [3.8, 4) is 0 Å². The Labute approximate surface area is 110 Å². The highest BCUT2D eigenvalue weighted by Gasteiger charge is 2.08. The van der Waals surface area contributed by atoms with E-state index >= 15 is 0 Å². The molecule has 0 saturated heterocycles. The minimum atomic E-state index is 0.179. The molecule has 2 N–H and O–H groups in total. The fraction of sp³-hybridized carbons (Fsp3) is 0.500. The second kappa shape index (κ2) is 7.22. The zero-order valence-corrected chi connectivity index (χ0v) is 11.3. The molecule has 0 amide bonds. The second-order valence-electron chi connectivity index (χ2n) is 3.06. The van der Waals surface area contributed by atoms with Crippen LogP contribution in [0, 0.1) is 0 Å². The second-order valence-corrected chi connectivity index (χ2v) is 4.96. The molecule has 0 aliphatic rings. The number of nitrogens with zero attached hydrogens (tertiary/aromatic N) is 1. The van der Waals surface area contributed by atoms with Gasteiger partial charge in [-0.1, -0.05) is 23.2 Å². The van der Waals surface area contributed by atoms with Crippen molar-refractivity contribution in [3.05, 3.63) is 16.1 Å². The van der Waals surface area contributed by atoms with Crippen LogP contribution in [0.15, 0.2) is 11.1 Å². The number of aromatic nitrogens is 1. The van der Waals surface area contributed by atoms with Gasteiger partial charge >= 0.3 is 0 Å². The lowest BCUT2D eigenvalue weighted by molar-refractivity contribution is 0.296. The van der Waals surface area contributed by atoms with E-state index in [9.17, 15) is 0 Å². The smallest absolute Gasteiger partial charge is 0.146 e. The molecule has 90 valence electrons. The van der Waals surface area contributed by atoms with Crippen molar-refractivity contribution in [2.24, 2.45) is 0 Å². The Morgan fingerprint density at radius 2 is 2.19 bits per heavy atom. The van der Waals surface area contributed by atoms with E-state index in [0.717, 1.165) is 23.7 Å². The number of anilines is 1. The van der Waals surface area contributed by atoms with Gasteiger partial charge in [0.1, 0.15) is 10.8 Å². The van der Waals surface area contributed by atoms with Crippen molar-refractivity contribution in [2.75, 3.05) is 24.2 Å². The molecule has 0 aliphatic heterocycles. The van der Waals surface area contributed by atoms with Gasteiger partial charge in [0.2, 0.25) is 0 Å². The number of nitrogens with one attached hydrogen (secondary N) is 1.